The minimum atomic E-state index is 0.338. The molecule has 0 aromatic carbocycles. The van der Waals surface area contributed by atoms with Crippen LogP contribution in [-0.2, 0) is 4.74 Å². The van der Waals surface area contributed by atoms with Crippen molar-refractivity contribution in [1.82, 2.24) is 5.32 Å². The minimum absolute atomic E-state index is 0.338. The molecule has 0 saturated heterocycles. The van der Waals surface area contributed by atoms with Gasteiger partial charge in [0, 0.05) is 11.5 Å². The first-order chi connectivity index (χ1) is 6.27. The van der Waals surface area contributed by atoms with Crippen LogP contribution in [0.1, 0.15) is 23.4 Å². The van der Waals surface area contributed by atoms with Crippen LogP contribution in [-0.4, -0.2) is 20.3 Å². The van der Waals surface area contributed by atoms with Gasteiger partial charge in [0.15, 0.2) is 0 Å². The van der Waals surface area contributed by atoms with Crippen molar-refractivity contribution in [1.29, 1.82) is 0 Å². The summed E-state index contributed by atoms with van der Waals surface area (Å²) in [4.78, 5) is 1.35. The summed E-state index contributed by atoms with van der Waals surface area (Å²) in [5.41, 5.74) is 1.33. The summed E-state index contributed by atoms with van der Waals surface area (Å²) >= 11 is 1.79. The van der Waals surface area contributed by atoms with Gasteiger partial charge >= 0.3 is 0 Å². The van der Waals surface area contributed by atoms with Crippen molar-refractivity contribution in [3.05, 3.63) is 21.9 Å². The quantitative estimate of drug-likeness (QED) is 0.786. The van der Waals surface area contributed by atoms with E-state index >= 15 is 0 Å². The number of hydrogen-bond donors (Lipinski definition) is 1. The molecular formula is C10H17NOS. The molecule has 1 heterocycles. The van der Waals surface area contributed by atoms with E-state index in [9.17, 15) is 0 Å². The Labute approximate surface area is 83.9 Å². The molecule has 1 rings (SSSR count). The van der Waals surface area contributed by atoms with Crippen LogP contribution in [0.4, 0.5) is 0 Å². The summed E-state index contributed by atoms with van der Waals surface area (Å²) in [5.74, 6) is 0. The second-order valence-electron chi connectivity index (χ2n) is 2.99. The summed E-state index contributed by atoms with van der Waals surface area (Å²) in [6.45, 7) is 5.68. The monoisotopic (exact) mass is 199 g/mol. The van der Waals surface area contributed by atoms with Gasteiger partial charge in [-0.15, -0.1) is 11.3 Å². The van der Waals surface area contributed by atoms with E-state index in [1.807, 2.05) is 14.0 Å². The molecule has 13 heavy (non-hydrogen) atoms. The number of likely N-dealkylation sites (N-methyl/N-ethyl adjacent to an activating group) is 1. The van der Waals surface area contributed by atoms with E-state index in [0.29, 0.717) is 6.04 Å². The van der Waals surface area contributed by atoms with Gasteiger partial charge in [-0.1, -0.05) is 0 Å². The molecule has 3 heteroatoms. The maximum absolute atomic E-state index is 5.39. The minimum Gasteiger partial charge on any atom is -0.380 e. The van der Waals surface area contributed by atoms with Gasteiger partial charge in [0.05, 0.1) is 12.6 Å². The number of nitrogens with one attached hydrogen (secondary N) is 1. The van der Waals surface area contributed by atoms with E-state index in [1.165, 1.54) is 10.4 Å². The molecule has 0 aliphatic carbocycles. The first kappa shape index (κ1) is 10.7. The van der Waals surface area contributed by atoms with Crippen LogP contribution in [0.3, 0.4) is 0 Å². The van der Waals surface area contributed by atoms with E-state index in [1.54, 1.807) is 11.3 Å². The topological polar surface area (TPSA) is 21.3 Å². The third-order valence-corrected chi connectivity index (χ3v) is 2.87. The number of aryl methyl sites for hydroxylation is 1. The zero-order chi connectivity index (χ0) is 9.68. The lowest BCUT2D eigenvalue weighted by Gasteiger charge is -2.14. The predicted octanol–water partition coefficient (Wildman–Crippen LogP) is 2.35. The molecule has 0 aliphatic heterocycles. The van der Waals surface area contributed by atoms with Crippen molar-refractivity contribution in [3.63, 3.8) is 0 Å². The summed E-state index contributed by atoms with van der Waals surface area (Å²) in [6.07, 6.45) is 0. The number of thiophene rings is 1. The van der Waals surface area contributed by atoms with Crippen LogP contribution in [0.25, 0.3) is 0 Å². The van der Waals surface area contributed by atoms with Crippen molar-refractivity contribution in [3.8, 4) is 0 Å². The molecule has 74 valence electrons. The Bertz CT molecular complexity index is 247. The lowest BCUT2D eigenvalue weighted by molar-refractivity contribution is 0.125. The second-order valence-corrected chi connectivity index (χ2v) is 4.11. The highest BCUT2D eigenvalue weighted by Crippen LogP contribution is 2.20. The van der Waals surface area contributed by atoms with E-state index in [0.717, 1.165) is 13.2 Å². The highest BCUT2D eigenvalue weighted by atomic mass is 32.1. The van der Waals surface area contributed by atoms with Crippen LogP contribution in [0.5, 0.6) is 0 Å². The van der Waals surface area contributed by atoms with Crippen molar-refractivity contribution in [2.75, 3.05) is 20.3 Å². The fraction of sp³-hybridized carbons (Fsp3) is 0.600. The van der Waals surface area contributed by atoms with Crippen molar-refractivity contribution >= 4 is 11.3 Å². The highest BCUT2D eigenvalue weighted by Gasteiger charge is 2.09. The van der Waals surface area contributed by atoms with Gasteiger partial charge in [-0.25, -0.2) is 0 Å². The Morgan fingerprint density at radius 1 is 1.62 bits per heavy atom. The lowest BCUT2D eigenvalue weighted by Crippen LogP contribution is -2.21. The van der Waals surface area contributed by atoms with E-state index in [2.05, 4.69) is 23.7 Å². The van der Waals surface area contributed by atoms with Crippen LogP contribution in [0, 0.1) is 6.92 Å². The Hall–Kier alpha value is -0.380. The zero-order valence-electron chi connectivity index (χ0n) is 8.46. The van der Waals surface area contributed by atoms with Gasteiger partial charge < -0.3 is 10.1 Å². The third-order valence-electron chi connectivity index (χ3n) is 1.99. The molecular weight excluding hydrogens is 182 g/mol. The smallest absolute Gasteiger partial charge is 0.0661 e. The largest absolute Gasteiger partial charge is 0.380 e. The van der Waals surface area contributed by atoms with E-state index in [-0.39, 0.29) is 0 Å². The molecule has 0 spiro atoms. The molecule has 1 aromatic rings. The predicted molar refractivity (Wildman–Crippen MR) is 57.3 cm³/mol. The standard InChI is InChI=1S/C10H17NOS/c1-4-12-6-10(11-3)9-5-8(2)13-7-9/h5,7,10-11H,4,6H2,1-3H3. The molecule has 0 bridgehead atoms. The van der Waals surface area contributed by atoms with Crippen molar-refractivity contribution < 1.29 is 4.74 Å². The van der Waals surface area contributed by atoms with E-state index < -0.39 is 0 Å². The second kappa shape index (κ2) is 5.37. The fourth-order valence-electron chi connectivity index (χ4n) is 1.23. The summed E-state index contributed by atoms with van der Waals surface area (Å²) in [6, 6.07) is 2.55. The molecule has 1 aromatic heterocycles. The number of rotatable bonds is 5. The first-order valence-electron chi connectivity index (χ1n) is 4.58. The van der Waals surface area contributed by atoms with Crippen LogP contribution < -0.4 is 5.32 Å². The molecule has 1 N–H and O–H groups in total. The molecule has 0 aliphatic rings. The average Bonchev–Trinajstić information content (AvgIpc) is 2.54. The Balaban J connectivity index is 2.56. The summed E-state index contributed by atoms with van der Waals surface area (Å²) < 4.78 is 5.39. The zero-order valence-corrected chi connectivity index (χ0v) is 9.28. The van der Waals surface area contributed by atoms with Gasteiger partial charge in [-0.2, -0.15) is 0 Å². The van der Waals surface area contributed by atoms with Gasteiger partial charge in [-0.3, -0.25) is 0 Å². The number of hydrogen-bond acceptors (Lipinski definition) is 3. The Morgan fingerprint density at radius 3 is 2.85 bits per heavy atom. The molecule has 0 fully saturated rings. The van der Waals surface area contributed by atoms with Gasteiger partial charge in [0.2, 0.25) is 0 Å². The van der Waals surface area contributed by atoms with Crippen molar-refractivity contribution in [2.45, 2.75) is 19.9 Å². The SMILES string of the molecule is CCOCC(NC)c1csc(C)c1. The van der Waals surface area contributed by atoms with Gasteiger partial charge in [-0.05, 0) is 37.9 Å². The fourth-order valence-corrected chi connectivity index (χ4v) is 1.99. The van der Waals surface area contributed by atoms with Gasteiger partial charge in [0.1, 0.15) is 0 Å². The van der Waals surface area contributed by atoms with Crippen LogP contribution in [0.15, 0.2) is 11.4 Å². The molecule has 1 unspecified atom stereocenters. The molecule has 1 atom stereocenters. The van der Waals surface area contributed by atoms with E-state index in [4.69, 9.17) is 4.74 Å². The molecule has 0 radical (unpaired) electrons. The highest BCUT2D eigenvalue weighted by molar-refractivity contribution is 7.10. The molecule has 0 saturated carbocycles. The first-order valence-corrected chi connectivity index (χ1v) is 5.46. The average molecular weight is 199 g/mol. The molecule has 0 amide bonds. The maximum Gasteiger partial charge on any atom is 0.0661 e. The number of ether oxygens (including phenoxy) is 1. The normalized spacial score (nSPS) is 13.2. The molecule has 2 nitrogen and oxygen atoms in total. The third kappa shape index (κ3) is 3.10. The summed E-state index contributed by atoms with van der Waals surface area (Å²) in [5, 5.41) is 5.44. The van der Waals surface area contributed by atoms with Crippen LogP contribution >= 0.6 is 11.3 Å². The maximum atomic E-state index is 5.39. The van der Waals surface area contributed by atoms with Crippen molar-refractivity contribution in [2.24, 2.45) is 0 Å². The van der Waals surface area contributed by atoms with Crippen LogP contribution in [0.2, 0.25) is 0 Å². The summed E-state index contributed by atoms with van der Waals surface area (Å²) in [7, 11) is 1.97. The Kier molecular flexibility index (Phi) is 4.42. The van der Waals surface area contributed by atoms with Gasteiger partial charge in [0.25, 0.3) is 0 Å². The Morgan fingerprint density at radius 2 is 2.38 bits per heavy atom. The lowest BCUT2D eigenvalue weighted by atomic mass is 10.1.